The lowest BCUT2D eigenvalue weighted by Gasteiger charge is -2.48. The molecule has 5 nitrogen and oxygen atoms in total. The molecule has 3 rings (SSSR count). The molecule has 2 fully saturated rings. The number of amides is 2. The maximum atomic E-state index is 12.6. The Kier molecular flexibility index (Phi) is 4.73. The first kappa shape index (κ1) is 17.7. The zero-order valence-corrected chi connectivity index (χ0v) is 13.9. The first-order valence-corrected chi connectivity index (χ1v) is 8.22. The van der Waals surface area contributed by atoms with Gasteiger partial charge in [0.2, 0.25) is 5.91 Å². The molecule has 0 atom stereocenters. The summed E-state index contributed by atoms with van der Waals surface area (Å²) in [6.07, 6.45) is -4.40. The van der Waals surface area contributed by atoms with Crippen LogP contribution in [0.15, 0.2) is 24.3 Å². The summed E-state index contributed by atoms with van der Waals surface area (Å²) in [6.45, 7) is 5.65. The Morgan fingerprint density at radius 1 is 0.960 bits per heavy atom. The zero-order chi connectivity index (χ0) is 18.2. The summed E-state index contributed by atoms with van der Waals surface area (Å²) in [5.41, 5.74) is -0.485. The molecule has 0 N–H and O–H groups in total. The van der Waals surface area contributed by atoms with Gasteiger partial charge >= 0.3 is 6.18 Å². The van der Waals surface area contributed by atoms with Gasteiger partial charge in [-0.1, -0.05) is 0 Å². The second-order valence-corrected chi connectivity index (χ2v) is 6.48. The molecular formula is C17H20F3N3O2. The van der Waals surface area contributed by atoms with E-state index in [1.165, 1.54) is 12.1 Å². The van der Waals surface area contributed by atoms with Crippen LogP contribution in [0, 0.1) is 0 Å². The predicted molar refractivity (Wildman–Crippen MR) is 85.0 cm³/mol. The zero-order valence-electron chi connectivity index (χ0n) is 13.9. The first-order chi connectivity index (χ1) is 11.8. The molecule has 0 spiro atoms. The van der Waals surface area contributed by atoms with Gasteiger partial charge in [0.25, 0.3) is 5.91 Å². The number of hydrogen-bond acceptors (Lipinski definition) is 3. The van der Waals surface area contributed by atoms with Crippen LogP contribution in [0.1, 0.15) is 22.8 Å². The molecule has 0 bridgehead atoms. The van der Waals surface area contributed by atoms with Gasteiger partial charge in [-0.2, -0.15) is 13.2 Å². The van der Waals surface area contributed by atoms with Crippen molar-refractivity contribution in [1.82, 2.24) is 14.7 Å². The van der Waals surface area contributed by atoms with Gasteiger partial charge in [-0.3, -0.25) is 14.5 Å². The van der Waals surface area contributed by atoms with Crippen LogP contribution < -0.4 is 0 Å². The highest BCUT2D eigenvalue weighted by atomic mass is 19.4. The minimum absolute atomic E-state index is 0.0763. The monoisotopic (exact) mass is 355 g/mol. The highest BCUT2D eigenvalue weighted by Crippen LogP contribution is 2.29. The Hall–Kier alpha value is -2.09. The van der Waals surface area contributed by atoms with Crippen molar-refractivity contribution in [2.24, 2.45) is 0 Å². The molecule has 0 radical (unpaired) electrons. The van der Waals surface area contributed by atoms with Crippen LogP contribution in [0.4, 0.5) is 13.2 Å². The maximum absolute atomic E-state index is 12.6. The molecule has 2 heterocycles. The number of carbonyl (C=O) groups is 2. The molecule has 0 aromatic heterocycles. The fraction of sp³-hybridized carbons (Fsp3) is 0.529. The van der Waals surface area contributed by atoms with Crippen molar-refractivity contribution in [3.8, 4) is 0 Å². The number of alkyl halides is 3. The summed E-state index contributed by atoms with van der Waals surface area (Å²) in [5.74, 6) is -0.167. The van der Waals surface area contributed by atoms with Crippen molar-refractivity contribution in [3.63, 3.8) is 0 Å². The molecule has 8 heteroatoms. The number of carbonyl (C=O) groups excluding carboxylic acids is 2. The molecule has 25 heavy (non-hydrogen) atoms. The van der Waals surface area contributed by atoms with E-state index in [1.807, 2.05) is 0 Å². The lowest BCUT2D eigenvalue weighted by molar-refractivity contribution is -0.137. The summed E-state index contributed by atoms with van der Waals surface area (Å²) >= 11 is 0. The van der Waals surface area contributed by atoms with Crippen LogP contribution in [0.2, 0.25) is 0 Å². The van der Waals surface area contributed by atoms with E-state index in [9.17, 15) is 22.8 Å². The summed E-state index contributed by atoms with van der Waals surface area (Å²) in [4.78, 5) is 29.4. The minimum atomic E-state index is -4.40. The van der Waals surface area contributed by atoms with E-state index in [0.29, 0.717) is 26.2 Å². The lowest BCUT2D eigenvalue weighted by atomic mass is 10.0. The van der Waals surface area contributed by atoms with E-state index < -0.39 is 11.7 Å². The van der Waals surface area contributed by atoms with Gasteiger partial charge < -0.3 is 9.80 Å². The number of piperazine rings is 1. The van der Waals surface area contributed by atoms with Crippen LogP contribution in [0.3, 0.4) is 0 Å². The smallest absolute Gasteiger partial charge is 0.340 e. The van der Waals surface area contributed by atoms with Gasteiger partial charge in [0.15, 0.2) is 0 Å². The molecule has 0 aliphatic carbocycles. The van der Waals surface area contributed by atoms with Gasteiger partial charge in [-0.25, -0.2) is 0 Å². The molecule has 2 aliphatic heterocycles. The summed E-state index contributed by atoms with van der Waals surface area (Å²) < 4.78 is 37.7. The van der Waals surface area contributed by atoms with Gasteiger partial charge in [-0.05, 0) is 24.3 Å². The quantitative estimate of drug-likeness (QED) is 0.811. The first-order valence-electron chi connectivity index (χ1n) is 8.22. The van der Waals surface area contributed by atoms with Crippen LogP contribution in [0.25, 0.3) is 0 Å². The predicted octanol–water partition coefficient (Wildman–Crippen LogP) is 1.69. The number of benzene rings is 1. The van der Waals surface area contributed by atoms with Crippen LogP contribution >= 0.6 is 0 Å². The second-order valence-electron chi connectivity index (χ2n) is 6.48. The Morgan fingerprint density at radius 2 is 1.52 bits per heavy atom. The number of rotatable bonds is 2. The van der Waals surface area contributed by atoms with Crippen molar-refractivity contribution >= 4 is 11.8 Å². The third-order valence-electron chi connectivity index (χ3n) is 4.88. The van der Waals surface area contributed by atoms with E-state index >= 15 is 0 Å². The molecule has 0 saturated carbocycles. The average molecular weight is 355 g/mol. The van der Waals surface area contributed by atoms with E-state index in [1.54, 1.807) is 16.7 Å². The van der Waals surface area contributed by atoms with Crippen molar-refractivity contribution in [3.05, 3.63) is 35.4 Å². The molecule has 2 saturated heterocycles. The Morgan fingerprint density at radius 3 is 2.00 bits per heavy atom. The highest BCUT2D eigenvalue weighted by Gasteiger charge is 2.37. The summed E-state index contributed by atoms with van der Waals surface area (Å²) in [5, 5.41) is 0. The Bertz CT molecular complexity index is 646. The van der Waals surface area contributed by atoms with Crippen molar-refractivity contribution < 1.29 is 22.8 Å². The minimum Gasteiger partial charge on any atom is -0.340 e. The van der Waals surface area contributed by atoms with Crippen molar-refractivity contribution in [2.45, 2.75) is 19.1 Å². The summed E-state index contributed by atoms with van der Waals surface area (Å²) in [6, 6.07) is 4.58. The molecule has 2 aliphatic rings. The fourth-order valence-corrected chi connectivity index (χ4v) is 3.24. The molecule has 0 unspecified atom stereocenters. The Labute approximate surface area is 144 Å². The third kappa shape index (κ3) is 3.78. The fourth-order valence-electron chi connectivity index (χ4n) is 3.24. The third-order valence-corrected chi connectivity index (χ3v) is 4.88. The highest BCUT2D eigenvalue weighted by molar-refractivity contribution is 5.94. The van der Waals surface area contributed by atoms with Crippen LogP contribution in [-0.4, -0.2) is 71.8 Å². The molecule has 2 amide bonds. The van der Waals surface area contributed by atoms with Gasteiger partial charge in [0.05, 0.1) is 5.56 Å². The number of nitrogens with zero attached hydrogens (tertiary/aromatic N) is 3. The molecule has 1 aromatic carbocycles. The van der Waals surface area contributed by atoms with E-state index in [4.69, 9.17) is 0 Å². The van der Waals surface area contributed by atoms with Crippen LogP contribution in [0.5, 0.6) is 0 Å². The Balaban J connectivity index is 1.51. The SMILES string of the molecule is CC(=O)N1CCN(C2CN(C(=O)c3ccc(C(F)(F)F)cc3)C2)CC1. The van der Waals surface area contributed by atoms with Gasteiger partial charge in [0, 0.05) is 57.8 Å². The topological polar surface area (TPSA) is 43.9 Å². The molecular weight excluding hydrogens is 335 g/mol. The van der Waals surface area contributed by atoms with E-state index in [2.05, 4.69) is 4.90 Å². The van der Waals surface area contributed by atoms with Crippen LogP contribution in [-0.2, 0) is 11.0 Å². The van der Waals surface area contributed by atoms with Gasteiger partial charge in [0.1, 0.15) is 0 Å². The van der Waals surface area contributed by atoms with Gasteiger partial charge in [-0.15, -0.1) is 0 Å². The molecule has 1 aromatic rings. The average Bonchev–Trinajstić information content (AvgIpc) is 2.53. The normalized spacial score (nSPS) is 19.7. The van der Waals surface area contributed by atoms with E-state index in [-0.39, 0.29) is 23.4 Å². The number of halogens is 3. The van der Waals surface area contributed by atoms with E-state index in [0.717, 1.165) is 25.2 Å². The van der Waals surface area contributed by atoms with Crippen molar-refractivity contribution in [1.29, 1.82) is 0 Å². The second kappa shape index (κ2) is 6.67. The standard InChI is InChI=1S/C17H20F3N3O2/c1-12(24)21-6-8-22(9-7-21)15-10-23(11-15)16(25)13-2-4-14(5-3-13)17(18,19)20/h2-5,15H,6-11H2,1H3. The molecule has 136 valence electrons. The largest absolute Gasteiger partial charge is 0.416 e. The summed E-state index contributed by atoms with van der Waals surface area (Å²) in [7, 11) is 0. The van der Waals surface area contributed by atoms with Crippen molar-refractivity contribution in [2.75, 3.05) is 39.3 Å². The maximum Gasteiger partial charge on any atom is 0.416 e. The number of likely N-dealkylation sites (tertiary alicyclic amines) is 1. The lowest BCUT2D eigenvalue weighted by Crippen LogP contribution is -2.64. The number of hydrogen-bond donors (Lipinski definition) is 0.